The Morgan fingerprint density at radius 3 is 2.38 bits per heavy atom. The normalized spacial score (nSPS) is 18.1. The quantitative estimate of drug-likeness (QED) is 0.818. The Balaban J connectivity index is 2.05. The maximum atomic E-state index is 11.9. The third-order valence-corrected chi connectivity index (χ3v) is 2.96. The van der Waals surface area contributed by atoms with Crippen molar-refractivity contribution in [3.63, 3.8) is 0 Å². The maximum absolute atomic E-state index is 11.9. The molecule has 1 aromatic carbocycles. The molecule has 0 atom stereocenters. The first-order chi connectivity index (χ1) is 7.52. The summed E-state index contributed by atoms with van der Waals surface area (Å²) in [7, 11) is 0. The number of amides is 1. The molecule has 3 heteroatoms. The molecule has 0 radical (unpaired) electrons. The van der Waals surface area contributed by atoms with Crippen molar-refractivity contribution < 1.29 is 9.90 Å². The number of nitrogens with zero attached hydrogens (tertiary/aromatic N) is 1. The number of aryl methyl sites for hydroxylation is 1. The van der Waals surface area contributed by atoms with Gasteiger partial charge in [-0.2, -0.15) is 0 Å². The molecule has 0 aromatic heterocycles. The van der Waals surface area contributed by atoms with Crippen LogP contribution in [-0.4, -0.2) is 34.6 Å². The molecule has 0 saturated carbocycles. The first-order valence-corrected chi connectivity index (χ1v) is 5.62. The summed E-state index contributed by atoms with van der Waals surface area (Å²) in [5.74, 6) is 0.00850. The second-order valence-electron chi connectivity index (χ2n) is 4.71. The van der Waals surface area contributed by atoms with E-state index in [0.717, 1.165) is 6.42 Å². The second kappa shape index (κ2) is 3.91. The Kier molecular flexibility index (Phi) is 2.72. The second-order valence-corrected chi connectivity index (χ2v) is 4.71. The van der Waals surface area contributed by atoms with Gasteiger partial charge in [0, 0.05) is 5.56 Å². The van der Waals surface area contributed by atoms with Crippen molar-refractivity contribution in [2.24, 2.45) is 0 Å². The number of benzene rings is 1. The molecule has 1 aliphatic rings. The summed E-state index contributed by atoms with van der Waals surface area (Å²) in [6.07, 6.45) is 0.979. The van der Waals surface area contributed by atoms with Crippen molar-refractivity contribution in [2.45, 2.75) is 25.9 Å². The summed E-state index contributed by atoms with van der Waals surface area (Å²) in [4.78, 5) is 13.6. The Bertz CT molecular complexity index is 387. The van der Waals surface area contributed by atoms with Gasteiger partial charge in [0.25, 0.3) is 5.91 Å². The van der Waals surface area contributed by atoms with Gasteiger partial charge in [-0.25, -0.2) is 0 Å². The van der Waals surface area contributed by atoms with Gasteiger partial charge in [0.15, 0.2) is 0 Å². The average Bonchev–Trinajstić information content (AvgIpc) is 2.25. The van der Waals surface area contributed by atoms with Crippen LogP contribution in [0, 0.1) is 0 Å². The highest BCUT2D eigenvalue weighted by molar-refractivity contribution is 5.94. The largest absolute Gasteiger partial charge is 0.386 e. The minimum absolute atomic E-state index is 0.00850. The lowest BCUT2D eigenvalue weighted by molar-refractivity contribution is -0.0668. The van der Waals surface area contributed by atoms with Gasteiger partial charge in [0.05, 0.1) is 18.7 Å². The first kappa shape index (κ1) is 11.1. The molecule has 0 unspecified atom stereocenters. The molecule has 16 heavy (non-hydrogen) atoms. The smallest absolute Gasteiger partial charge is 0.254 e. The summed E-state index contributed by atoms with van der Waals surface area (Å²) in [6, 6.07) is 7.67. The van der Waals surface area contributed by atoms with E-state index in [0.29, 0.717) is 18.7 Å². The predicted octanol–water partition coefficient (Wildman–Crippen LogP) is 1.46. The molecule has 1 N–H and O–H groups in total. The summed E-state index contributed by atoms with van der Waals surface area (Å²) >= 11 is 0. The SMILES string of the molecule is CCc1ccc(C(=O)N2CC(C)(O)C2)cc1. The number of β-amino-alcohol motifs (C(OH)–C–C–N with tert-alkyl or cyclic N) is 1. The van der Waals surface area contributed by atoms with E-state index < -0.39 is 5.60 Å². The van der Waals surface area contributed by atoms with Gasteiger partial charge < -0.3 is 10.0 Å². The zero-order valence-electron chi connectivity index (χ0n) is 9.73. The summed E-state index contributed by atoms with van der Waals surface area (Å²) < 4.78 is 0. The van der Waals surface area contributed by atoms with Crippen molar-refractivity contribution in [1.82, 2.24) is 4.90 Å². The summed E-state index contributed by atoms with van der Waals surface area (Å²) in [6.45, 7) is 4.70. The van der Waals surface area contributed by atoms with E-state index in [1.165, 1.54) is 5.56 Å². The van der Waals surface area contributed by atoms with Crippen LogP contribution in [0.4, 0.5) is 0 Å². The number of rotatable bonds is 2. The lowest BCUT2D eigenvalue weighted by atomic mass is 9.95. The number of carbonyl (C=O) groups excluding carboxylic acids is 1. The molecule has 0 bridgehead atoms. The Hall–Kier alpha value is -1.35. The zero-order chi connectivity index (χ0) is 11.8. The van der Waals surface area contributed by atoms with Crippen LogP contribution in [0.15, 0.2) is 24.3 Å². The molecule has 1 saturated heterocycles. The minimum Gasteiger partial charge on any atom is -0.386 e. The molecular formula is C13H17NO2. The molecule has 0 spiro atoms. The van der Waals surface area contributed by atoms with E-state index in [1.807, 2.05) is 24.3 Å². The third kappa shape index (κ3) is 2.09. The predicted molar refractivity (Wildman–Crippen MR) is 62.3 cm³/mol. The Labute approximate surface area is 95.7 Å². The van der Waals surface area contributed by atoms with Crippen molar-refractivity contribution in [3.8, 4) is 0 Å². The monoisotopic (exact) mass is 219 g/mol. The van der Waals surface area contributed by atoms with Gasteiger partial charge in [-0.05, 0) is 31.0 Å². The van der Waals surface area contributed by atoms with Gasteiger partial charge in [-0.15, -0.1) is 0 Å². The van der Waals surface area contributed by atoms with Gasteiger partial charge in [0.2, 0.25) is 0 Å². The highest BCUT2D eigenvalue weighted by atomic mass is 16.3. The van der Waals surface area contributed by atoms with Crippen molar-refractivity contribution >= 4 is 5.91 Å². The van der Waals surface area contributed by atoms with Crippen LogP contribution in [0.25, 0.3) is 0 Å². The molecule has 1 heterocycles. The highest BCUT2D eigenvalue weighted by Crippen LogP contribution is 2.22. The molecule has 1 amide bonds. The van der Waals surface area contributed by atoms with Crippen molar-refractivity contribution in [1.29, 1.82) is 0 Å². The number of likely N-dealkylation sites (tertiary alicyclic amines) is 1. The van der Waals surface area contributed by atoms with E-state index in [-0.39, 0.29) is 5.91 Å². The van der Waals surface area contributed by atoms with E-state index in [2.05, 4.69) is 6.92 Å². The number of hydrogen-bond donors (Lipinski definition) is 1. The van der Waals surface area contributed by atoms with Gasteiger partial charge in [-0.3, -0.25) is 4.79 Å². The summed E-state index contributed by atoms with van der Waals surface area (Å²) in [5, 5.41) is 9.57. The zero-order valence-corrected chi connectivity index (χ0v) is 9.73. The van der Waals surface area contributed by atoms with E-state index in [1.54, 1.807) is 11.8 Å². The molecule has 0 aliphatic carbocycles. The Morgan fingerprint density at radius 1 is 1.38 bits per heavy atom. The van der Waals surface area contributed by atoms with Gasteiger partial charge in [0.1, 0.15) is 0 Å². The number of carbonyl (C=O) groups is 1. The van der Waals surface area contributed by atoms with Crippen LogP contribution in [0.3, 0.4) is 0 Å². The van der Waals surface area contributed by atoms with Crippen LogP contribution in [0.2, 0.25) is 0 Å². The third-order valence-electron chi connectivity index (χ3n) is 2.96. The minimum atomic E-state index is -0.695. The summed E-state index contributed by atoms with van der Waals surface area (Å²) in [5.41, 5.74) is 1.24. The van der Waals surface area contributed by atoms with Crippen LogP contribution in [0.5, 0.6) is 0 Å². The van der Waals surface area contributed by atoms with Gasteiger partial charge >= 0.3 is 0 Å². The van der Waals surface area contributed by atoms with Crippen LogP contribution in [-0.2, 0) is 6.42 Å². The molecule has 2 rings (SSSR count). The van der Waals surface area contributed by atoms with Crippen LogP contribution in [0.1, 0.15) is 29.8 Å². The van der Waals surface area contributed by atoms with E-state index >= 15 is 0 Å². The average molecular weight is 219 g/mol. The lowest BCUT2D eigenvalue weighted by Crippen LogP contribution is -2.61. The molecule has 86 valence electrons. The molecule has 1 fully saturated rings. The fourth-order valence-electron chi connectivity index (χ4n) is 1.99. The molecule has 1 aliphatic heterocycles. The van der Waals surface area contributed by atoms with E-state index in [4.69, 9.17) is 0 Å². The number of aliphatic hydroxyl groups is 1. The van der Waals surface area contributed by atoms with Crippen molar-refractivity contribution in [2.75, 3.05) is 13.1 Å². The number of hydrogen-bond acceptors (Lipinski definition) is 2. The van der Waals surface area contributed by atoms with Crippen molar-refractivity contribution in [3.05, 3.63) is 35.4 Å². The fourth-order valence-corrected chi connectivity index (χ4v) is 1.99. The molecule has 1 aromatic rings. The fraction of sp³-hybridized carbons (Fsp3) is 0.462. The Morgan fingerprint density at radius 2 is 1.94 bits per heavy atom. The first-order valence-electron chi connectivity index (χ1n) is 5.62. The maximum Gasteiger partial charge on any atom is 0.254 e. The molecular weight excluding hydrogens is 202 g/mol. The molecule has 3 nitrogen and oxygen atoms in total. The lowest BCUT2D eigenvalue weighted by Gasteiger charge is -2.44. The van der Waals surface area contributed by atoms with Crippen LogP contribution < -0.4 is 0 Å². The van der Waals surface area contributed by atoms with Gasteiger partial charge in [-0.1, -0.05) is 19.1 Å². The van der Waals surface area contributed by atoms with E-state index in [9.17, 15) is 9.90 Å². The standard InChI is InChI=1S/C13H17NO2/c1-3-10-4-6-11(7-5-10)12(15)14-8-13(2,16)9-14/h4-7,16H,3,8-9H2,1-2H3. The van der Waals surface area contributed by atoms with Crippen LogP contribution >= 0.6 is 0 Å². The highest BCUT2D eigenvalue weighted by Gasteiger charge is 2.39. The topological polar surface area (TPSA) is 40.5 Å².